The molecule has 36 heavy (non-hydrogen) atoms. The Hall–Kier alpha value is -3.90. The molecule has 188 valence electrons. The molecule has 1 atom stereocenters. The summed E-state index contributed by atoms with van der Waals surface area (Å²) in [7, 11) is 1.88. The van der Waals surface area contributed by atoms with Crippen LogP contribution >= 0.6 is 11.3 Å². The zero-order valence-electron chi connectivity index (χ0n) is 20.2. The van der Waals surface area contributed by atoms with Gasteiger partial charge in [-0.05, 0) is 50.9 Å². The molecule has 0 unspecified atom stereocenters. The molecule has 0 aliphatic carbocycles. The molecular formula is C24H27N7O4S. The Labute approximate surface area is 211 Å². The number of aryl methyl sites for hydroxylation is 2. The summed E-state index contributed by atoms with van der Waals surface area (Å²) in [5, 5.41) is 24.7. The van der Waals surface area contributed by atoms with Crippen molar-refractivity contribution < 1.29 is 19.2 Å². The second-order valence-corrected chi connectivity index (χ2v) is 9.31. The summed E-state index contributed by atoms with van der Waals surface area (Å²) in [4.78, 5) is 37.3. The number of carboxylic acid groups (broad SMARTS) is 1. The third-order valence-corrected chi connectivity index (χ3v) is 6.60. The molecule has 1 aromatic carbocycles. The molecule has 0 bridgehead atoms. The van der Waals surface area contributed by atoms with Crippen molar-refractivity contribution in [2.24, 2.45) is 0 Å². The van der Waals surface area contributed by atoms with Gasteiger partial charge in [0.25, 0.3) is 0 Å². The summed E-state index contributed by atoms with van der Waals surface area (Å²) < 4.78 is 5.12. The Morgan fingerprint density at radius 3 is 2.72 bits per heavy atom. The highest BCUT2D eigenvalue weighted by atomic mass is 32.1. The van der Waals surface area contributed by atoms with E-state index >= 15 is 0 Å². The quantitative estimate of drug-likeness (QED) is 0.219. The Morgan fingerprint density at radius 2 is 2.03 bits per heavy atom. The standard InChI is InChI=1S/C24H27N7O4S/c1-13-20(23(33)34)36-24(27-13)30-19(32)12-17(5-4-9-25-3)29-22-18-11-16(21-28-14(2)35-31-21)7-6-15(18)8-10-26-22/h6-8,10-11,17,25H,4-5,9,12H2,1-3H3,(H,26,29)(H,33,34)(H,27,30,32)/t17-/m0/s1. The molecule has 0 aliphatic rings. The van der Waals surface area contributed by atoms with Crippen molar-refractivity contribution in [3.8, 4) is 11.4 Å². The van der Waals surface area contributed by atoms with Gasteiger partial charge in [0.05, 0.1) is 5.69 Å². The maximum absolute atomic E-state index is 12.8. The Morgan fingerprint density at radius 1 is 1.19 bits per heavy atom. The lowest BCUT2D eigenvalue weighted by molar-refractivity contribution is -0.116. The first-order chi connectivity index (χ1) is 17.3. The van der Waals surface area contributed by atoms with E-state index in [2.05, 4.69) is 36.1 Å². The summed E-state index contributed by atoms with van der Waals surface area (Å²) in [5.74, 6) is 0.306. The largest absolute Gasteiger partial charge is 0.477 e. The van der Waals surface area contributed by atoms with Crippen LogP contribution in [0.1, 0.15) is 40.5 Å². The molecule has 11 nitrogen and oxygen atoms in total. The molecule has 1 amide bonds. The van der Waals surface area contributed by atoms with E-state index < -0.39 is 5.97 Å². The zero-order valence-corrected chi connectivity index (χ0v) is 21.0. The predicted molar refractivity (Wildman–Crippen MR) is 137 cm³/mol. The van der Waals surface area contributed by atoms with E-state index in [4.69, 9.17) is 4.52 Å². The van der Waals surface area contributed by atoms with Gasteiger partial charge in [0.1, 0.15) is 10.7 Å². The molecule has 3 aromatic heterocycles. The van der Waals surface area contributed by atoms with Crippen molar-refractivity contribution in [1.29, 1.82) is 0 Å². The zero-order chi connectivity index (χ0) is 25.7. The van der Waals surface area contributed by atoms with Crippen molar-refractivity contribution >= 4 is 44.9 Å². The number of thiazole rings is 1. The highest BCUT2D eigenvalue weighted by molar-refractivity contribution is 7.17. The van der Waals surface area contributed by atoms with Crippen LogP contribution in [0.3, 0.4) is 0 Å². The minimum absolute atomic E-state index is 0.113. The number of carboxylic acids is 1. The number of aromatic nitrogens is 4. The molecule has 0 fully saturated rings. The number of rotatable bonds is 11. The molecule has 0 radical (unpaired) electrons. The van der Waals surface area contributed by atoms with E-state index in [9.17, 15) is 14.7 Å². The summed E-state index contributed by atoms with van der Waals surface area (Å²) in [6.45, 7) is 4.15. The fourth-order valence-corrected chi connectivity index (χ4v) is 4.65. The van der Waals surface area contributed by atoms with Crippen LogP contribution in [0.5, 0.6) is 0 Å². The highest BCUT2D eigenvalue weighted by Gasteiger charge is 2.19. The average molecular weight is 510 g/mol. The fourth-order valence-electron chi connectivity index (χ4n) is 3.83. The third kappa shape index (κ3) is 6.01. The summed E-state index contributed by atoms with van der Waals surface area (Å²) in [6, 6.07) is 7.55. The summed E-state index contributed by atoms with van der Waals surface area (Å²) in [5.41, 5.74) is 1.17. The number of hydrogen-bond donors (Lipinski definition) is 4. The highest BCUT2D eigenvalue weighted by Crippen LogP contribution is 2.28. The lowest BCUT2D eigenvalue weighted by Gasteiger charge is -2.20. The van der Waals surface area contributed by atoms with Crippen molar-refractivity contribution in [3.63, 3.8) is 0 Å². The smallest absolute Gasteiger partial charge is 0.347 e. The number of hydrogen-bond acceptors (Lipinski definition) is 10. The lowest BCUT2D eigenvalue weighted by atomic mass is 10.0. The molecule has 0 spiro atoms. The van der Waals surface area contributed by atoms with Gasteiger partial charge in [-0.3, -0.25) is 4.79 Å². The number of fused-ring (bicyclic) bond motifs is 1. The number of benzene rings is 1. The van der Waals surface area contributed by atoms with E-state index in [-0.39, 0.29) is 28.4 Å². The molecule has 0 saturated carbocycles. The van der Waals surface area contributed by atoms with Crippen LogP contribution in [0, 0.1) is 13.8 Å². The predicted octanol–water partition coefficient (Wildman–Crippen LogP) is 3.87. The van der Waals surface area contributed by atoms with Gasteiger partial charge in [-0.15, -0.1) is 0 Å². The fraction of sp³-hybridized carbons (Fsp3) is 0.333. The van der Waals surface area contributed by atoms with E-state index in [0.29, 0.717) is 29.6 Å². The lowest BCUT2D eigenvalue weighted by Crippen LogP contribution is -2.28. The molecule has 0 saturated heterocycles. The second-order valence-electron chi connectivity index (χ2n) is 8.31. The Balaban J connectivity index is 1.55. The van der Waals surface area contributed by atoms with Gasteiger partial charge in [-0.25, -0.2) is 14.8 Å². The van der Waals surface area contributed by atoms with E-state index in [1.54, 1.807) is 20.0 Å². The van der Waals surface area contributed by atoms with Gasteiger partial charge in [-0.2, -0.15) is 4.98 Å². The van der Waals surface area contributed by atoms with Crippen LogP contribution in [-0.2, 0) is 4.79 Å². The molecule has 4 rings (SSSR count). The number of nitrogens with zero attached hydrogens (tertiary/aromatic N) is 4. The van der Waals surface area contributed by atoms with Crippen molar-refractivity contribution in [2.45, 2.75) is 39.2 Å². The number of aromatic carboxylic acids is 1. The van der Waals surface area contributed by atoms with Crippen LogP contribution in [-0.4, -0.2) is 56.7 Å². The second kappa shape index (κ2) is 11.2. The van der Waals surface area contributed by atoms with Gasteiger partial charge < -0.3 is 25.6 Å². The summed E-state index contributed by atoms with van der Waals surface area (Å²) >= 11 is 0.947. The number of pyridine rings is 1. The van der Waals surface area contributed by atoms with E-state index in [0.717, 1.165) is 40.6 Å². The minimum atomic E-state index is -1.06. The van der Waals surface area contributed by atoms with Gasteiger partial charge in [0, 0.05) is 36.5 Å². The molecule has 3 heterocycles. The minimum Gasteiger partial charge on any atom is -0.477 e. The van der Waals surface area contributed by atoms with Gasteiger partial charge in [0.2, 0.25) is 17.6 Å². The van der Waals surface area contributed by atoms with Crippen molar-refractivity contribution in [3.05, 3.63) is 46.9 Å². The molecular weight excluding hydrogens is 482 g/mol. The van der Waals surface area contributed by atoms with Gasteiger partial charge in [-0.1, -0.05) is 28.6 Å². The normalized spacial score (nSPS) is 12.0. The average Bonchev–Trinajstić information content (AvgIpc) is 3.44. The SMILES string of the molecule is CNCCC[C@@H](CC(=O)Nc1nc(C)c(C(=O)O)s1)Nc1nccc2ccc(-c3noc(C)n3)cc12. The van der Waals surface area contributed by atoms with E-state index in [1.165, 1.54) is 0 Å². The number of nitrogens with one attached hydrogen (secondary N) is 3. The monoisotopic (exact) mass is 509 g/mol. The van der Waals surface area contributed by atoms with Crippen LogP contribution in [0.25, 0.3) is 22.2 Å². The molecule has 0 aliphatic heterocycles. The number of anilines is 2. The molecule has 12 heteroatoms. The maximum atomic E-state index is 12.8. The van der Waals surface area contributed by atoms with Crippen LogP contribution in [0.4, 0.5) is 10.9 Å². The molecule has 4 N–H and O–H groups in total. The Kier molecular flexibility index (Phi) is 7.86. The van der Waals surface area contributed by atoms with Crippen LogP contribution in [0.15, 0.2) is 35.0 Å². The van der Waals surface area contributed by atoms with Gasteiger partial charge >= 0.3 is 5.97 Å². The summed E-state index contributed by atoms with van der Waals surface area (Å²) in [6.07, 6.45) is 3.44. The van der Waals surface area contributed by atoms with Crippen LogP contribution in [0.2, 0.25) is 0 Å². The number of carbonyl (C=O) groups is 2. The first-order valence-electron chi connectivity index (χ1n) is 11.4. The maximum Gasteiger partial charge on any atom is 0.347 e. The third-order valence-electron chi connectivity index (χ3n) is 5.54. The van der Waals surface area contributed by atoms with Crippen LogP contribution < -0.4 is 16.0 Å². The van der Waals surface area contributed by atoms with Gasteiger partial charge in [0.15, 0.2) is 5.13 Å². The topological polar surface area (TPSA) is 155 Å². The number of amides is 1. The van der Waals surface area contributed by atoms with E-state index in [1.807, 2.05) is 31.3 Å². The number of carbonyl (C=O) groups excluding carboxylic acids is 1. The van der Waals surface area contributed by atoms with Crippen molar-refractivity contribution in [2.75, 3.05) is 24.2 Å². The van der Waals surface area contributed by atoms with Crippen molar-refractivity contribution in [1.82, 2.24) is 25.4 Å². The molecule has 4 aromatic rings. The Bertz CT molecular complexity index is 1380. The first kappa shape index (κ1) is 25.2. The first-order valence-corrected chi connectivity index (χ1v) is 12.3.